The molecular weight excluding hydrogens is 414 g/mol. The van der Waals surface area contributed by atoms with Crippen LogP contribution in [0.4, 0.5) is 0 Å². The van der Waals surface area contributed by atoms with E-state index in [2.05, 4.69) is 82.8 Å². The SMILES string of the molecule is Cc1[nH]c(C(c2ccccc2)(c2ccccc2)c2ccccc2)nc1-c1ccc(Cl)nc1. The van der Waals surface area contributed by atoms with Crippen LogP contribution < -0.4 is 0 Å². The van der Waals surface area contributed by atoms with Gasteiger partial charge in [0.05, 0.1) is 5.69 Å². The van der Waals surface area contributed by atoms with Gasteiger partial charge in [-0.05, 0) is 35.7 Å². The second kappa shape index (κ2) is 8.45. The van der Waals surface area contributed by atoms with Gasteiger partial charge < -0.3 is 4.98 Å². The van der Waals surface area contributed by atoms with E-state index in [0.717, 1.165) is 39.5 Å². The number of nitrogens with one attached hydrogen (secondary N) is 1. The highest BCUT2D eigenvalue weighted by molar-refractivity contribution is 6.29. The quantitative estimate of drug-likeness (QED) is 0.243. The van der Waals surface area contributed by atoms with Gasteiger partial charge in [-0.2, -0.15) is 0 Å². The van der Waals surface area contributed by atoms with Crippen molar-refractivity contribution in [3.63, 3.8) is 0 Å². The fourth-order valence-electron chi connectivity index (χ4n) is 4.41. The Hall–Kier alpha value is -3.69. The first-order valence-electron chi connectivity index (χ1n) is 10.5. The molecule has 3 nitrogen and oxygen atoms in total. The number of rotatable bonds is 5. The summed E-state index contributed by atoms with van der Waals surface area (Å²) in [7, 11) is 0. The zero-order valence-corrected chi connectivity index (χ0v) is 18.4. The van der Waals surface area contributed by atoms with E-state index in [1.807, 2.05) is 31.2 Å². The van der Waals surface area contributed by atoms with Crippen LogP contribution in [-0.2, 0) is 5.41 Å². The highest BCUT2D eigenvalue weighted by Gasteiger charge is 2.41. The summed E-state index contributed by atoms with van der Waals surface area (Å²) in [6.45, 7) is 2.05. The maximum absolute atomic E-state index is 6.02. The predicted octanol–water partition coefficient (Wildman–Crippen LogP) is 6.82. The van der Waals surface area contributed by atoms with E-state index >= 15 is 0 Å². The smallest absolute Gasteiger partial charge is 0.129 e. The molecule has 0 spiro atoms. The molecule has 3 aromatic carbocycles. The maximum atomic E-state index is 6.02. The summed E-state index contributed by atoms with van der Waals surface area (Å²) in [6.07, 6.45) is 1.77. The van der Waals surface area contributed by atoms with Crippen LogP contribution in [0.5, 0.6) is 0 Å². The molecule has 0 saturated heterocycles. The highest BCUT2D eigenvalue weighted by atomic mass is 35.5. The van der Waals surface area contributed by atoms with Gasteiger partial charge in [0.25, 0.3) is 0 Å². The number of aryl methyl sites for hydroxylation is 1. The van der Waals surface area contributed by atoms with Crippen molar-refractivity contribution in [2.24, 2.45) is 0 Å². The molecule has 156 valence electrons. The average molecular weight is 436 g/mol. The molecule has 0 fully saturated rings. The van der Waals surface area contributed by atoms with E-state index in [0.29, 0.717) is 5.15 Å². The van der Waals surface area contributed by atoms with Gasteiger partial charge in [-0.3, -0.25) is 0 Å². The molecule has 5 rings (SSSR count). The molecule has 0 bridgehead atoms. The zero-order chi connectivity index (χ0) is 22.0. The molecule has 0 aliphatic heterocycles. The van der Waals surface area contributed by atoms with Crippen molar-refractivity contribution < 1.29 is 0 Å². The summed E-state index contributed by atoms with van der Waals surface area (Å²) in [5.74, 6) is 0.864. The minimum Gasteiger partial charge on any atom is -0.344 e. The van der Waals surface area contributed by atoms with Crippen LogP contribution in [0.25, 0.3) is 11.3 Å². The first kappa shape index (κ1) is 20.2. The Morgan fingerprint density at radius 1 is 0.688 bits per heavy atom. The van der Waals surface area contributed by atoms with Gasteiger partial charge in [-0.15, -0.1) is 0 Å². The Morgan fingerprint density at radius 3 is 1.62 bits per heavy atom. The molecule has 0 unspecified atom stereocenters. The van der Waals surface area contributed by atoms with Crippen molar-refractivity contribution in [2.45, 2.75) is 12.3 Å². The van der Waals surface area contributed by atoms with Crippen LogP contribution in [0.2, 0.25) is 5.15 Å². The molecule has 0 saturated carbocycles. The van der Waals surface area contributed by atoms with Gasteiger partial charge in [0.2, 0.25) is 0 Å². The number of aromatic amines is 1. The number of halogens is 1. The van der Waals surface area contributed by atoms with Crippen LogP contribution in [-0.4, -0.2) is 15.0 Å². The summed E-state index contributed by atoms with van der Waals surface area (Å²) in [5, 5.41) is 0.467. The fourth-order valence-corrected chi connectivity index (χ4v) is 4.52. The van der Waals surface area contributed by atoms with E-state index in [9.17, 15) is 0 Å². The second-order valence-electron chi connectivity index (χ2n) is 7.78. The van der Waals surface area contributed by atoms with E-state index in [-0.39, 0.29) is 0 Å². The molecule has 0 atom stereocenters. The Balaban J connectivity index is 1.84. The number of pyridine rings is 1. The normalized spacial score (nSPS) is 11.4. The molecular formula is C28H22ClN3. The molecule has 0 amide bonds. The molecule has 5 aromatic rings. The number of benzene rings is 3. The maximum Gasteiger partial charge on any atom is 0.129 e. The first-order chi connectivity index (χ1) is 15.7. The van der Waals surface area contributed by atoms with Crippen LogP contribution in [0.15, 0.2) is 109 Å². The topological polar surface area (TPSA) is 41.6 Å². The molecule has 0 aliphatic rings. The lowest BCUT2D eigenvalue weighted by atomic mass is 9.69. The number of hydrogen-bond acceptors (Lipinski definition) is 2. The molecule has 2 heterocycles. The van der Waals surface area contributed by atoms with Gasteiger partial charge in [-0.1, -0.05) is 103 Å². The van der Waals surface area contributed by atoms with E-state index in [4.69, 9.17) is 16.6 Å². The van der Waals surface area contributed by atoms with E-state index < -0.39 is 5.41 Å². The third-order valence-corrected chi connectivity index (χ3v) is 6.08. The van der Waals surface area contributed by atoms with Crippen molar-refractivity contribution in [1.82, 2.24) is 15.0 Å². The van der Waals surface area contributed by atoms with E-state index in [1.165, 1.54) is 0 Å². The third-order valence-electron chi connectivity index (χ3n) is 5.86. The lowest BCUT2D eigenvalue weighted by Gasteiger charge is -2.34. The third kappa shape index (κ3) is 3.41. The lowest BCUT2D eigenvalue weighted by molar-refractivity contribution is 0.691. The van der Waals surface area contributed by atoms with Gasteiger partial charge in [0.1, 0.15) is 16.4 Å². The van der Waals surface area contributed by atoms with Crippen molar-refractivity contribution in [3.05, 3.63) is 143 Å². The lowest BCUT2D eigenvalue weighted by Crippen LogP contribution is -2.32. The fraction of sp³-hybridized carbons (Fsp3) is 0.0714. The standard InChI is InChI=1S/C28H22ClN3/c1-20-26(21-17-18-25(29)30-19-21)32-27(31-20)28(22-11-5-2-6-12-22,23-13-7-3-8-14-23)24-15-9-4-10-16-24/h2-19H,1H3,(H,31,32). The summed E-state index contributed by atoms with van der Waals surface area (Å²) >= 11 is 6.02. The number of imidazole rings is 1. The number of H-pyrrole nitrogens is 1. The molecule has 4 heteroatoms. The van der Waals surface area contributed by atoms with Crippen LogP contribution >= 0.6 is 11.6 Å². The molecule has 1 N–H and O–H groups in total. The first-order valence-corrected chi connectivity index (χ1v) is 10.9. The van der Waals surface area contributed by atoms with Gasteiger partial charge >= 0.3 is 0 Å². The van der Waals surface area contributed by atoms with Gasteiger partial charge in [-0.25, -0.2) is 9.97 Å². The molecule has 32 heavy (non-hydrogen) atoms. The monoisotopic (exact) mass is 435 g/mol. The minimum absolute atomic E-state index is 0.467. The van der Waals surface area contributed by atoms with Gasteiger partial charge in [0, 0.05) is 17.5 Å². The summed E-state index contributed by atoms with van der Waals surface area (Å²) in [5.41, 5.74) is 5.61. The molecule has 0 radical (unpaired) electrons. The van der Waals surface area contributed by atoms with Gasteiger partial charge in [0.15, 0.2) is 0 Å². The minimum atomic E-state index is -0.605. The average Bonchev–Trinajstić information content (AvgIpc) is 3.24. The number of hydrogen-bond donors (Lipinski definition) is 1. The largest absolute Gasteiger partial charge is 0.344 e. The van der Waals surface area contributed by atoms with E-state index in [1.54, 1.807) is 12.3 Å². The molecule has 0 aliphatic carbocycles. The summed E-state index contributed by atoms with van der Waals surface area (Å²) in [4.78, 5) is 13.0. The van der Waals surface area contributed by atoms with Crippen molar-refractivity contribution in [2.75, 3.05) is 0 Å². The summed E-state index contributed by atoms with van der Waals surface area (Å²) < 4.78 is 0. The second-order valence-corrected chi connectivity index (χ2v) is 8.16. The van der Waals surface area contributed by atoms with Crippen molar-refractivity contribution >= 4 is 11.6 Å². The Bertz CT molecular complexity index is 1220. The molecule has 2 aromatic heterocycles. The summed E-state index contributed by atoms with van der Waals surface area (Å²) in [6, 6.07) is 35.4. The zero-order valence-electron chi connectivity index (χ0n) is 17.7. The Labute approximate surface area is 192 Å². The van der Waals surface area contributed by atoms with Crippen LogP contribution in [0.1, 0.15) is 28.2 Å². The Kier molecular flexibility index (Phi) is 5.34. The van der Waals surface area contributed by atoms with Crippen molar-refractivity contribution in [1.29, 1.82) is 0 Å². The van der Waals surface area contributed by atoms with Crippen LogP contribution in [0, 0.1) is 6.92 Å². The Morgan fingerprint density at radius 2 is 1.19 bits per heavy atom. The van der Waals surface area contributed by atoms with Crippen molar-refractivity contribution in [3.8, 4) is 11.3 Å². The number of aromatic nitrogens is 3. The number of nitrogens with zero attached hydrogens (tertiary/aromatic N) is 2. The predicted molar refractivity (Wildman–Crippen MR) is 130 cm³/mol. The van der Waals surface area contributed by atoms with Crippen LogP contribution in [0.3, 0.4) is 0 Å². The highest BCUT2D eigenvalue weighted by Crippen LogP contribution is 2.44.